The van der Waals surface area contributed by atoms with Crippen LogP contribution in [0, 0.1) is 12.8 Å². The summed E-state index contributed by atoms with van der Waals surface area (Å²) in [5.74, 6) is 0.570. The zero-order chi connectivity index (χ0) is 18.8. The largest absolute Gasteiger partial charge is 0.354 e. The molecule has 0 spiro atoms. The minimum absolute atomic E-state index is 0.0370. The van der Waals surface area contributed by atoms with Gasteiger partial charge in [0.25, 0.3) is 5.91 Å². The topological polar surface area (TPSA) is 58.1 Å². The number of likely N-dealkylation sites (tertiary alicyclic amines) is 1. The standard InChI is InChI=1S/C22H24N4O/c1-15-7-6-12-26(14-15)22(27)19-13-23-21-18(11-10-16(2)24-21)20(19)25-17-8-4-3-5-9-17/h3-5,8-11,13,15H,6-7,12,14H2,1-2H3,(H,23,24,25)/t15-/m0/s1. The van der Waals surface area contributed by atoms with Gasteiger partial charge in [0.05, 0.1) is 11.3 Å². The smallest absolute Gasteiger partial charge is 0.257 e. The van der Waals surface area contributed by atoms with Crippen molar-refractivity contribution in [1.82, 2.24) is 14.9 Å². The lowest BCUT2D eigenvalue weighted by molar-refractivity contribution is 0.0684. The van der Waals surface area contributed by atoms with Gasteiger partial charge in [-0.2, -0.15) is 0 Å². The van der Waals surface area contributed by atoms with E-state index in [0.717, 1.165) is 42.0 Å². The summed E-state index contributed by atoms with van der Waals surface area (Å²) in [7, 11) is 0. The maximum Gasteiger partial charge on any atom is 0.257 e. The van der Waals surface area contributed by atoms with Gasteiger partial charge in [0.1, 0.15) is 0 Å². The SMILES string of the molecule is Cc1ccc2c(Nc3ccccc3)c(C(=O)N3CCC[C@H](C)C3)cnc2n1. The lowest BCUT2D eigenvalue weighted by Crippen LogP contribution is -2.39. The molecule has 1 aliphatic rings. The quantitative estimate of drug-likeness (QED) is 0.744. The molecule has 1 N–H and O–H groups in total. The van der Waals surface area contributed by atoms with Crippen LogP contribution in [-0.4, -0.2) is 33.9 Å². The number of para-hydroxylation sites is 1. The zero-order valence-corrected chi connectivity index (χ0v) is 15.8. The van der Waals surface area contributed by atoms with Crippen LogP contribution >= 0.6 is 0 Å². The van der Waals surface area contributed by atoms with Crippen molar-refractivity contribution < 1.29 is 4.79 Å². The van der Waals surface area contributed by atoms with Crippen molar-refractivity contribution in [3.8, 4) is 0 Å². The van der Waals surface area contributed by atoms with Crippen molar-refractivity contribution >= 4 is 28.3 Å². The van der Waals surface area contributed by atoms with Gasteiger partial charge in [-0.05, 0) is 49.9 Å². The number of amides is 1. The molecule has 0 saturated carbocycles. The maximum atomic E-state index is 13.3. The fraction of sp³-hybridized carbons (Fsp3) is 0.318. The van der Waals surface area contributed by atoms with Crippen molar-refractivity contribution in [2.24, 2.45) is 5.92 Å². The third-order valence-corrected chi connectivity index (χ3v) is 5.09. The van der Waals surface area contributed by atoms with Crippen molar-refractivity contribution in [1.29, 1.82) is 0 Å². The number of piperidine rings is 1. The highest BCUT2D eigenvalue weighted by Gasteiger charge is 2.25. The second-order valence-corrected chi connectivity index (χ2v) is 7.36. The Bertz CT molecular complexity index is 971. The van der Waals surface area contributed by atoms with E-state index in [2.05, 4.69) is 22.2 Å². The number of anilines is 2. The molecule has 0 unspecified atom stereocenters. The van der Waals surface area contributed by atoms with Crippen molar-refractivity contribution in [2.75, 3.05) is 18.4 Å². The Labute approximate surface area is 159 Å². The molecule has 1 aliphatic heterocycles. The number of rotatable bonds is 3. The number of fused-ring (bicyclic) bond motifs is 1. The van der Waals surface area contributed by atoms with Crippen LogP contribution in [0.1, 0.15) is 35.8 Å². The molecule has 4 rings (SSSR count). The molecule has 1 atom stereocenters. The zero-order valence-electron chi connectivity index (χ0n) is 15.8. The van der Waals surface area contributed by atoms with Crippen LogP contribution < -0.4 is 5.32 Å². The predicted molar refractivity (Wildman–Crippen MR) is 108 cm³/mol. The molecule has 1 saturated heterocycles. The van der Waals surface area contributed by atoms with Crippen molar-refractivity contribution in [3.05, 3.63) is 59.9 Å². The summed E-state index contributed by atoms with van der Waals surface area (Å²) in [6, 6.07) is 13.9. The van der Waals surface area contributed by atoms with E-state index in [-0.39, 0.29) is 5.91 Å². The van der Waals surface area contributed by atoms with Crippen LogP contribution in [0.5, 0.6) is 0 Å². The van der Waals surface area contributed by atoms with Gasteiger partial charge in [-0.25, -0.2) is 9.97 Å². The Morgan fingerprint density at radius 3 is 2.78 bits per heavy atom. The lowest BCUT2D eigenvalue weighted by atomic mass is 9.99. The van der Waals surface area contributed by atoms with Crippen LogP contribution in [0.3, 0.4) is 0 Å². The summed E-state index contributed by atoms with van der Waals surface area (Å²) in [6.07, 6.45) is 3.90. The van der Waals surface area contributed by atoms with Crippen LogP contribution in [0.25, 0.3) is 11.0 Å². The first kappa shape index (κ1) is 17.5. The maximum absolute atomic E-state index is 13.3. The van der Waals surface area contributed by atoms with Gasteiger partial charge in [-0.1, -0.05) is 25.1 Å². The first-order chi connectivity index (χ1) is 13.1. The second kappa shape index (κ2) is 7.35. The molecule has 3 heterocycles. The number of hydrogen-bond acceptors (Lipinski definition) is 4. The second-order valence-electron chi connectivity index (χ2n) is 7.36. The molecule has 27 heavy (non-hydrogen) atoms. The molecule has 0 bridgehead atoms. The Morgan fingerprint density at radius 1 is 1.19 bits per heavy atom. The molecule has 2 aromatic heterocycles. The summed E-state index contributed by atoms with van der Waals surface area (Å²) >= 11 is 0. The first-order valence-corrected chi connectivity index (χ1v) is 9.49. The molecule has 1 amide bonds. The van der Waals surface area contributed by atoms with Gasteiger partial charge in [0, 0.05) is 36.1 Å². The van der Waals surface area contributed by atoms with Crippen LogP contribution in [0.15, 0.2) is 48.7 Å². The van der Waals surface area contributed by atoms with Gasteiger partial charge in [0.15, 0.2) is 5.65 Å². The Morgan fingerprint density at radius 2 is 2.00 bits per heavy atom. The first-order valence-electron chi connectivity index (χ1n) is 9.49. The van der Waals surface area contributed by atoms with E-state index in [1.807, 2.05) is 54.3 Å². The highest BCUT2D eigenvalue weighted by molar-refractivity contribution is 6.07. The number of pyridine rings is 2. The summed E-state index contributed by atoms with van der Waals surface area (Å²) in [5, 5.41) is 4.30. The van der Waals surface area contributed by atoms with Crippen molar-refractivity contribution in [3.63, 3.8) is 0 Å². The number of nitrogens with one attached hydrogen (secondary N) is 1. The number of aryl methyl sites for hydroxylation is 1. The Balaban J connectivity index is 1.80. The third kappa shape index (κ3) is 3.63. The number of hydrogen-bond donors (Lipinski definition) is 1. The highest BCUT2D eigenvalue weighted by atomic mass is 16.2. The summed E-state index contributed by atoms with van der Waals surface area (Å²) in [6.45, 7) is 5.75. The van der Waals surface area contributed by atoms with E-state index in [9.17, 15) is 4.79 Å². The predicted octanol–water partition coefficient (Wildman–Crippen LogP) is 4.55. The van der Waals surface area contributed by atoms with E-state index in [0.29, 0.717) is 17.1 Å². The van der Waals surface area contributed by atoms with Gasteiger partial charge in [-0.3, -0.25) is 4.79 Å². The van der Waals surface area contributed by atoms with E-state index < -0.39 is 0 Å². The number of carbonyl (C=O) groups is 1. The highest BCUT2D eigenvalue weighted by Crippen LogP contribution is 2.30. The number of aromatic nitrogens is 2. The van der Waals surface area contributed by atoms with E-state index in [1.54, 1.807) is 6.20 Å². The van der Waals surface area contributed by atoms with Crippen LogP contribution in [0.4, 0.5) is 11.4 Å². The molecule has 5 nitrogen and oxygen atoms in total. The summed E-state index contributed by atoms with van der Waals surface area (Å²) in [4.78, 5) is 24.3. The number of nitrogens with zero attached hydrogens (tertiary/aromatic N) is 3. The average molecular weight is 360 g/mol. The van der Waals surface area contributed by atoms with Gasteiger partial charge in [0.2, 0.25) is 0 Å². The molecule has 138 valence electrons. The van der Waals surface area contributed by atoms with Crippen LogP contribution in [0.2, 0.25) is 0 Å². The molecule has 0 radical (unpaired) electrons. The van der Waals surface area contributed by atoms with Gasteiger partial charge < -0.3 is 10.2 Å². The van der Waals surface area contributed by atoms with E-state index >= 15 is 0 Å². The molecular formula is C22H24N4O. The minimum atomic E-state index is 0.0370. The normalized spacial score (nSPS) is 17.1. The molecule has 1 fully saturated rings. The van der Waals surface area contributed by atoms with Crippen molar-refractivity contribution in [2.45, 2.75) is 26.7 Å². The summed E-state index contributed by atoms with van der Waals surface area (Å²) in [5.41, 5.74) is 3.88. The summed E-state index contributed by atoms with van der Waals surface area (Å²) < 4.78 is 0. The third-order valence-electron chi connectivity index (χ3n) is 5.09. The number of carbonyl (C=O) groups excluding carboxylic acids is 1. The molecule has 3 aromatic rings. The molecular weight excluding hydrogens is 336 g/mol. The van der Waals surface area contributed by atoms with E-state index in [4.69, 9.17) is 0 Å². The fourth-order valence-electron chi connectivity index (χ4n) is 3.68. The Hall–Kier alpha value is -2.95. The fourth-order valence-corrected chi connectivity index (χ4v) is 3.68. The minimum Gasteiger partial charge on any atom is -0.354 e. The average Bonchev–Trinajstić information content (AvgIpc) is 2.68. The van der Waals surface area contributed by atoms with Crippen LogP contribution in [-0.2, 0) is 0 Å². The van der Waals surface area contributed by atoms with E-state index in [1.165, 1.54) is 6.42 Å². The van der Waals surface area contributed by atoms with Gasteiger partial charge in [-0.15, -0.1) is 0 Å². The molecule has 5 heteroatoms. The molecule has 0 aliphatic carbocycles. The Kier molecular flexibility index (Phi) is 4.75. The van der Waals surface area contributed by atoms with Gasteiger partial charge >= 0.3 is 0 Å². The monoisotopic (exact) mass is 360 g/mol. The molecule has 1 aromatic carbocycles. The lowest BCUT2D eigenvalue weighted by Gasteiger charge is -2.31. The number of benzene rings is 1.